The molecule has 1 fully saturated rings. The predicted octanol–water partition coefficient (Wildman–Crippen LogP) is 5.21. The molecule has 2 atom stereocenters. The van der Waals surface area contributed by atoms with Crippen LogP contribution in [0.3, 0.4) is 0 Å². The molecule has 24 heavy (non-hydrogen) atoms. The molecule has 2 aromatic rings. The summed E-state index contributed by atoms with van der Waals surface area (Å²) in [5.41, 5.74) is 1.97. The lowest BCUT2D eigenvalue weighted by Gasteiger charge is -2.32. The van der Waals surface area contributed by atoms with Crippen molar-refractivity contribution in [2.24, 2.45) is 0 Å². The van der Waals surface area contributed by atoms with Gasteiger partial charge in [0.15, 0.2) is 0 Å². The average molecular weight is 388 g/mol. The fraction of sp³-hybridized carbons (Fsp3) is 0.429. The van der Waals surface area contributed by atoms with E-state index < -0.39 is 5.60 Å². The third kappa shape index (κ3) is 3.90. The molecule has 0 amide bonds. The largest absolute Gasteiger partial charge is 0.366 e. The Hall–Kier alpha value is -1.16. The van der Waals surface area contributed by atoms with Gasteiger partial charge in [-0.1, -0.05) is 58.4 Å². The first kappa shape index (κ1) is 17.7. The van der Waals surface area contributed by atoms with Gasteiger partial charge in [-0.15, -0.1) is 0 Å². The molecule has 2 aromatic carbocycles. The minimum atomic E-state index is -0.418. The lowest BCUT2D eigenvalue weighted by molar-refractivity contribution is -0.0117. The number of nitrogens with zero attached hydrogens (tertiary/aromatic N) is 1. The summed E-state index contributed by atoms with van der Waals surface area (Å²) < 4.78 is 7.60. The Morgan fingerprint density at radius 1 is 1.08 bits per heavy atom. The van der Waals surface area contributed by atoms with Crippen molar-refractivity contribution >= 4 is 15.9 Å². The standard InChI is InChI=1S/C21H26BrNO/c1-21(17-7-4-3-5-8-17,18-10-12-19(22)13-11-18)24-16-14-20-9-6-15-23(20)2/h3-5,7-8,10-13,20H,6,9,14-16H2,1-2H3. The maximum atomic E-state index is 6.51. The zero-order valence-corrected chi connectivity index (χ0v) is 16.1. The normalized spacial score (nSPS) is 20.9. The van der Waals surface area contributed by atoms with Gasteiger partial charge in [-0.3, -0.25) is 0 Å². The van der Waals surface area contributed by atoms with Gasteiger partial charge in [-0.25, -0.2) is 0 Å². The minimum absolute atomic E-state index is 0.418. The zero-order valence-electron chi connectivity index (χ0n) is 14.5. The van der Waals surface area contributed by atoms with E-state index in [1.165, 1.54) is 30.5 Å². The number of hydrogen-bond acceptors (Lipinski definition) is 2. The molecule has 0 aliphatic carbocycles. The number of ether oxygens (including phenoxy) is 1. The molecule has 1 aliphatic rings. The average Bonchev–Trinajstić information content (AvgIpc) is 3.01. The fourth-order valence-electron chi connectivity index (χ4n) is 3.60. The molecule has 2 unspecified atom stereocenters. The van der Waals surface area contributed by atoms with E-state index >= 15 is 0 Å². The molecular formula is C21H26BrNO. The number of halogens is 1. The van der Waals surface area contributed by atoms with E-state index in [1.807, 2.05) is 0 Å². The second-order valence-corrected chi connectivity index (χ2v) is 7.74. The highest BCUT2D eigenvalue weighted by Crippen LogP contribution is 2.34. The second-order valence-electron chi connectivity index (χ2n) is 6.82. The first-order valence-corrected chi connectivity index (χ1v) is 9.54. The SMILES string of the molecule is CN1CCCC1CCOC(C)(c1ccccc1)c1ccc(Br)cc1. The van der Waals surface area contributed by atoms with Crippen LogP contribution in [0.15, 0.2) is 59.1 Å². The van der Waals surface area contributed by atoms with Gasteiger partial charge in [0, 0.05) is 17.1 Å². The third-order valence-electron chi connectivity index (χ3n) is 5.23. The van der Waals surface area contributed by atoms with Crippen LogP contribution in [0, 0.1) is 0 Å². The lowest BCUT2D eigenvalue weighted by atomic mass is 9.88. The molecule has 2 nitrogen and oxygen atoms in total. The lowest BCUT2D eigenvalue weighted by Crippen LogP contribution is -2.31. The first-order chi connectivity index (χ1) is 11.6. The molecule has 0 bridgehead atoms. The van der Waals surface area contributed by atoms with E-state index in [-0.39, 0.29) is 0 Å². The number of benzene rings is 2. The number of hydrogen-bond donors (Lipinski definition) is 0. The Labute approximate surface area is 154 Å². The Morgan fingerprint density at radius 2 is 1.75 bits per heavy atom. The summed E-state index contributed by atoms with van der Waals surface area (Å²) in [5.74, 6) is 0. The van der Waals surface area contributed by atoms with Crippen molar-refractivity contribution in [2.75, 3.05) is 20.2 Å². The quantitative estimate of drug-likeness (QED) is 0.673. The fourth-order valence-corrected chi connectivity index (χ4v) is 3.86. The van der Waals surface area contributed by atoms with Gasteiger partial charge in [-0.2, -0.15) is 0 Å². The van der Waals surface area contributed by atoms with Crippen molar-refractivity contribution in [3.63, 3.8) is 0 Å². The van der Waals surface area contributed by atoms with Crippen LogP contribution in [0.5, 0.6) is 0 Å². The maximum absolute atomic E-state index is 6.51. The zero-order chi connectivity index (χ0) is 17.0. The summed E-state index contributed by atoms with van der Waals surface area (Å²) >= 11 is 3.53. The monoisotopic (exact) mass is 387 g/mol. The highest BCUT2D eigenvalue weighted by Gasteiger charge is 2.30. The van der Waals surface area contributed by atoms with Crippen LogP contribution >= 0.6 is 15.9 Å². The molecule has 0 radical (unpaired) electrons. The molecular weight excluding hydrogens is 362 g/mol. The number of likely N-dealkylation sites (tertiary alicyclic amines) is 1. The summed E-state index contributed by atoms with van der Waals surface area (Å²) in [4.78, 5) is 2.46. The van der Waals surface area contributed by atoms with Crippen molar-refractivity contribution in [2.45, 2.75) is 37.8 Å². The van der Waals surface area contributed by atoms with Gasteiger partial charge < -0.3 is 9.64 Å². The summed E-state index contributed by atoms with van der Waals surface area (Å²) in [5, 5.41) is 0. The molecule has 1 saturated heterocycles. The molecule has 3 rings (SSSR count). The Kier molecular flexibility index (Phi) is 5.75. The van der Waals surface area contributed by atoms with Gasteiger partial charge in [0.25, 0.3) is 0 Å². The van der Waals surface area contributed by atoms with Crippen LogP contribution in [0.2, 0.25) is 0 Å². The van der Waals surface area contributed by atoms with Crippen molar-refractivity contribution < 1.29 is 4.74 Å². The maximum Gasteiger partial charge on any atom is 0.115 e. The van der Waals surface area contributed by atoms with Crippen molar-refractivity contribution in [3.8, 4) is 0 Å². The highest BCUT2D eigenvalue weighted by atomic mass is 79.9. The molecule has 0 N–H and O–H groups in total. The third-order valence-corrected chi connectivity index (χ3v) is 5.76. The molecule has 0 saturated carbocycles. The van der Waals surface area contributed by atoms with Crippen LogP contribution in [0.4, 0.5) is 0 Å². The topological polar surface area (TPSA) is 12.5 Å². The van der Waals surface area contributed by atoms with E-state index in [1.54, 1.807) is 0 Å². The van der Waals surface area contributed by atoms with E-state index in [4.69, 9.17) is 4.74 Å². The van der Waals surface area contributed by atoms with Crippen molar-refractivity contribution in [3.05, 3.63) is 70.2 Å². The first-order valence-electron chi connectivity index (χ1n) is 8.75. The second kappa shape index (κ2) is 7.81. The Bertz CT molecular complexity index is 643. The molecule has 1 heterocycles. The Morgan fingerprint density at radius 3 is 2.38 bits per heavy atom. The van der Waals surface area contributed by atoms with Crippen molar-refractivity contribution in [1.82, 2.24) is 4.90 Å². The van der Waals surface area contributed by atoms with Gasteiger partial charge in [-0.05, 0) is 63.0 Å². The summed E-state index contributed by atoms with van der Waals surface area (Å²) in [6, 6.07) is 19.7. The van der Waals surface area contributed by atoms with Gasteiger partial charge in [0.2, 0.25) is 0 Å². The summed E-state index contributed by atoms with van der Waals surface area (Å²) in [6.07, 6.45) is 3.69. The molecule has 0 aromatic heterocycles. The van der Waals surface area contributed by atoms with E-state index in [0.29, 0.717) is 6.04 Å². The molecule has 128 valence electrons. The van der Waals surface area contributed by atoms with Crippen LogP contribution in [0.25, 0.3) is 0 Å². The van der Waals surface area contributed by atoms with Gasteiger partial charge in [0.05, 0.1) is 0 Å². The molecule has 3 heteroatoms. The van der Waals surface area contributed by atoms with Crippen LogP contribution in [-0.4, -0.2) is 31.1 Å². The predicted molar refractivity (Wildman–Crippen MR) is 103 cm³/mol. The van der Waals surface area contributed by atoms with E-state index in [2.05, 4.69) is 89.4 Å². The number of rotatable bonds is 6. The summed E-state index contributed by atoms with van der Waals surface area (Å²) in [6.45, 7) is 4.17. The molecule has 1 aliphatic heterocycles. The van der Waals surface area contributed by atoms with Crippen LogP contribution < -0.4 is 0 Å². The highest BCUT2D eigenvalue weighted by molar-refractivity contribution is 9.10. The van der Waals surface area contributed by atoms with Crippen LogP contribution in [-0.2, 0) is 10.3 Å². The Balaban J connectivity index is 1.78. The van der Waals surface area contributed by atoms with Crippen LogP contribution in [0.1, 0.15) is 37.3 Å². The molecule has 0 spiro atoms. The van der Waals surface area contributed by atoms with Gasteiger partial charge >= 0.3 is 0 Å². The van der Waals surface area contributed by atoms with Gasteiger partial charge in [0.1, 0.15) is 5.60 Å². The minimum Gasteiger partial charge on any atom is -0.366 e. The summed E-state index contributed by atoms with van der Waals surface area (Å²) in [7, 11) is 2.22. The smallest absolute Gasteiger partial charge is 0.115 e. The van der Waals surface area contributed by atoms with E-state index in [0.717, 1.165) is 17.5 Å². The van der Waals surface area contributed by atoms with E-state index in [9.17, 15) is 0 Å². The van der Waals surface area contributed by atoms with Crippen molar-refractivity contribution in [1.29, 1.82) is 0 Å².